The lowest BCUT2D eigenvalue weighted by atomic mass is 9.90. The van der Waals surface area contributed by atoms with Crippen molar-refractivity contribution in [3.05, 3.63) is 29.9 Å². The summed E-state index contributed by atoms with van der Waals surface area (Å²) in [5.41, 5.74) is 1.26. The van der Waals surface area contributed by atoms with E-state index in [4.69, 9.17) is 4.42 Å². The third-order valence-corrected chi connectivity index (χ3v) is 3.75. The number of fused-ring (bicyclic) bond motifs is 1. The lowest BCUT2D eigenvalue weighted by Gasteiger charge is -2.27. The van der Waals surface area contributed by atoms with E-state index < -0.39 is 0 Å². The van der Waals surface area contributed by atoms with E-state index in [9.17, 15) is 4.39 Å². The molecule has 1 fully saturated rings. The Morgan fingerprint density at radius 2 is 2.39 bits per heavy atom. The van der Waals surface area contributed by atoms with Crippen molar-refractivity contribution in [2.75, 3.05) is 6.54 Å². The molecule has 0 spiro atoms. The van der Waals surface area contributed by atoms with Crippen LogP contribution in [0.5, 0.6) is 0 Å². The maximum Gasteiger partial charge on any atom is 0.212 e. The summed E-state index contributed by atoms with van der Waals surface area (Å²) in [5.74, 6) is 1.13. The number of benzene rings is 1. The monoisotopic (exact) mass is 248 g/mol. The molecule has 4 heteroatoms. The molecule has 1 saturated heterocycles. The van der Waals surface area contributed by atoms with Gasteiger partial charge in [0.15, 0.2) is 5.58 Å². The van der Waals surface area contributed by atoms with Gasteiger partial charge < -0.3 is 9.73 Å². The first-order chi connectivity index (χ1) is 8.76. The highest BCUT2D eigenvalue weighted by molar-refractivity contribution is 5.72. The van der Waals surface area contributed by atoms with Crippen LogP contribution in [0, 0.1) is 11.7 Å². The topological polar surface area (TPSA) is 38.1 Å². The largest absolute Gasteiger partial charge is 0.439 e. The second-order valence-electron chi connectivity index (χ2n) is 4.97. The predicted octanol–water partition coefficient (Wildman–Crippen LogP) is 3.42. The van der Waals surface area contributed by atoms with Gasteiger partial charge in [-0.25, -0.2) is 9.37 Å². The quantitative estimate of drug-likeness (QED) is 0.885. The molecule has 2 heterocycles. The molecule has 1 N–H and O–H groups in total. The van der Waals surface area contributed by atoms with E-state index in [1.807, 2.05) is 0 Å². The van der Waals surface area contributed by atoms with E-state index in [0.29, 0.717) is 11.5 Å². The summed E-state index contributed by atoms with van der Waals surface area (Å²) >= 11 is 0. The van der Waals surface area contributed by atoms with Gasteiger partial charge in [0.2, 0.25) is 5.89 Å². The van der Waals surface area contributed by atoms with Crippen LogP contribution in [0.4, 0.5) is 4.39 Å². The van der Waals surface area contributed by atoms with Gasteiger partial charge in [-0.3, -0.25) is 0 Å². The number of oxazole rings is 1. The Bertz CT molecular complexity index is 552. The van der Waals surface area contributed by atoms with E-state index in [0.717, 1.165) is 24.4 Å². The van der Waals surface area contributed by atoms with E-state index in [1.165, 1.54) is 25.0 Å². The molecule has 3 rings (SSSR count). The summed E-state index contributed by atoms with van der Waals surface area (Å²) < 4.78 is 18.8. The number of piperidine rings is 1. The van der Waals surface area contributed by atoms with Gasteiger partial charge in [-0.05, 0) is 37.4 Å². The van der Waals surface area contributed by atoms with Crippen LogP contribution < -0.4 is 5.32 Å². The second kappa shape index (κ2) is 4.69. The molecule has 1 aliphatic rings. The molecule has 1 aromatic heterocycles. The molecular formula is C14H17FN2O. The number of nitrogens with one attached hydrogen (secondary N) is 1. The van der Waals surface area contributed by atoms with E-state index in [2.05, 4.69) is 17.2 Å². The average molecular weight is 248 g/mol. The van der Waals surface area contributed by atoms with Crippen LogP contribution >= 0.6 is 0 Å². The molecule has 0 saturated carbocycles. The van der Waals surface area contributed by atoms with Gasteiger partial charge in [0.05, 0.1) is 6.04 Å². The highest BCUT2D eigenvalue weighted by Gasteiger charge is 2.25. The number of halogens is 1. The van der Waals surface area contributed by atoms with Gasteiger partial charge >= 0.3 is 0 Å². The molecule has 0 radical (unpaired) electrons. The SMILES string of the molecule is CCC1CCNC(c2nc3ccc(F)cc3o2)C1. The van der Waals surface area contributed by atoms with Crippen molar-refractivity contribution in [3.63, 3.8) is 0 Å². The number of hydrogen-bond donors (Lipinski definition) is 1. The Morgan fingerprint density at radius 1 is 1.50 bits per heavy atom. The van der Waals surface area contributed by atoms with Crippen LogP contribution in [0.25, 0.3) is 11.1 Å². The number of rotatable bonds is 2. The molecule has 96 valence electrons. The van der Waals surface area contributed by atoms with Crippen molar-refractivity contribution < 1.29 is 8.81 Å². The summed E-state index contributed by atoms with van der Waals surface area (Å²) in [6, 6.07) is 4.64. The molecule has 0 aliphatic carbocycles. The first-order valence-electron chi connectivity index (χ1n) is 6.55. The highest BCUT2D eigenvalue weighted by atomic mass is 19.1. The zero-order chi connectivity index (χ0) is 12.5. The number of aromatic nitrogens is 1. The van der Waals surface area contributed by atoms with E-state index in [1.54, 1.807) is 6.07 Å². The summed E-state index contributed by atoms with van der Waals surface area (Å²) in [6.07, 6.45) is 3.45. The molecule has 1 aliphatic heterocycles. The summed E-state index contributed by atoms with van der Waals surface area (Å²) in [4.78, 5) is 4.45. The summed E-state index contributed by atoms with van der Waals surface area (Å²) in [5, 5.41) is 3.43. The Labute approximate surface area is 105 Å². The van der Waals surface area contributed by atoms with Gasteiger partial charge in [0.1, 0.15) is 11.3 Å². The minimum atomic E-state index is -0.284. The van der Waals surface area contributed by atoms with E-state index >= 15 is 0 Å². The third kappa shape index (κ3) is 2.12. The van der Waals surface area contributed by atoms with Crippen molar-refractivity contribution in [2.45, 2.75) is 32.2 Å². The molecule has 0 bridgehead atoms. The first kappa shape index (κ1) is 11.7. The van der Waals surface area contributed by atoms with Gasteiger partial charge in [0.25, 0.3) is 0 Å². The summed E-state index contributed by atoms with van der Waals surface area (Å²) in [6.45, 7) is 3.21. The van der Waals surface area contributed by atoms with Crippen LogP contribution in [0.15, 0.2) is 22.6 Å². The fraction of sp³-hybridized carbons (Fsp3) is 0.500. The standard InChI is InChI=1S/C14H17FN2O/c1-2-9-5-6-16-12(7-9)14-17-11-4-3-10(15)8-13(11)18-14/h3-4,8-9,12,16H,2,5-7H2,1H3. The number of hydrogen-bond acceptors (Lipinski definition) is 3. The van der Waals surface area contributed by atoms with Gasteiger partial charge in [0, 0.05) is 6.07 Å². The Kier molecular flexibility index (Phi) is 3.04. The average Bonchev–Trinajstić information content (AvgIpc) is 2.81. The van der Waals surface area contributed by atoms with Crippen LogP contribution in [-0.4, -0.2) is 11.5 Å². The fourth-order valence-electron chi connectivity index (χ4n) is 2.62. The normalized spacial score (nSPS) is 24.6. The van der Waals surface area contributed by atoms with E-state index in [-0.39, 0.29) is 11.9 Å². The second-order valence-corrected chi connectivity index (χ2v) is 4.97. The van der Waals surface area contributed by atoms with Crippen molar-refractivity contribution in [2.24, 2.45) is 5.92 Å². The molecule has 2 unspecified atom stereocenters. The molecule has 18 heavy (non-hydrogen) atoms. The smallest absolute Gasteiger partial charge is 0.212 e. The Hall–Kier alpha value is -1.42. The third-order valence-electron chi connectivity index (χ3n) is 3.75. The van der Waals surface area contributed by atoms with Gasteiger partial charge in [-0.1, -0.05) is 13.3 Å². The van der Waals surface area contributed by atoms with Gasteiger partial charge in [-0.2, -0.15) is 0 Å². The minimum Gasteiger partial charge on any atom is -0.439 e. The highest BCUT2D eigenvalue weighted by Crippen LogP contribution is 2.30. The van der Waals surface area contributed by atoms with Crippen LogP contribution in [-0.2, 0) is 0 Å². The van der Waals surface area contributed by atoms with Crippen LogP contribution in [0.1, 0.15) is 38.1 Å². The van der Waals surface area contributed by atoms with Crippen LogP contribution in [0.3, 0.4) is 0 Å². The zero-order valence-electron chi connectivity index (χ0n) is 10.4. The molecule has 2 aromatic rings. The maximum atomic E-state index is 13.1. The zero-order valence-corrected chi connectivity index (χ0v) is 10.4. The predicted molar refractivity (Wildman–Crippen MR) is 67.7 cm³/mol. The van der Waals surface area contributed by atoms with Crippen molar-refractivity contribution in [3.8, 4) is 0 Å². The summed E-state index contributed by atoms with van der Waals surface area (Å²) in [7, 11) is 0. The maximum absolute atomic E-state index is 13.1. The van der Waals surface area contributed by atoms with Crippen LogP contribution in [0.2, 0.25) is 0 Å². The molecule has 1 aromatic carbocycles. The minimum absolute atomic E-state index is 0.166. The molecule has 0 amide bonds. The lowest BCUT2D eigenvalue weighted by Crippen LogP contribution is -2.31. The lowest BCUT2D eigenvalue weighted by molar-refractivity contribution is 0.267. The van der Waals surface area contributed by atoms with Gasteiger partial charge in [-0.15, -0.1) is 0 Å². The first-order valence-corrected chi connectivity index (χ1v) is 6.55. The molecule has 3 nitrogen and oxygen atoms in total. The molecular weight excluding hydrogens is 231 g/mol. The van der Waals surface area contributed by atoms with Crippen molar-refractivity contribution in [1.82, 2.24) is 10.3 Å². The van der Waals surface area contributed by atoms with Crippen molar-refractivity contribution in [1.29, 1.82) is 0 Å². The fourth-order valence-corrected chi connectivity index (χ4v) is 2.62. The number of nitrogens with zero attached hydrogens (tertiary/aromatic N) is 1. The Balaban J connectivity index is 1.89. The Morgan fingerprint density at radius 3 is 3.22 bits per heavy atom. The van der Waals surface area contributed by atoms with Crippen molar-refractivity contribution >= 4 is 11.1 Å². The molecule has 2 atom stereocenters.